The molecule has 4 saturated heterocycles. The zero-order valence-electron chi connectivity index (χ0n) is 28.5. The van der Waals surface area contributed by atoms with Gasteiger partial charge in [0.1, 0.15) is 29.8 Å². The molecule has 256 valence electrons. The molecule has 0 radical (unpaired) electrons. The fraction of sp³-hybridized carbons (Fsp3) is 0.784. The molecule has 5 heterocycles. The van der Waals surface area contributed by atoms with Gasteiger partial charge in [-0.25, -0.2) is 0 Å². The smallest absolute Gasteiger partial charge is 0.316 e. The number of esters is 2. The average Bonchev–Trinajstić information content (AvgIpc) is 3.66. The van der Waals surface area contributed by atoms with Crippen LogP contribution in [0.4, 0.5) is 0 Å². The van der Waals surface area contributed by atoms with Crippen LogP contribution >= 0.6 is 0 Å². The van der Waals surface area contributed by atoms with Crippen LogP contribution in [0, 0.1) is 17.8 Å². The van der Waals surface area contributed by atoms with Crippen molar-refractivity contribution in [3.8, 4) is 0 Å². The van der Waals surface area contributed by atoms with Gasteiger partial charge in [0.2, 0.25) is 0 Å². The number of allylic oxidation sites excluding steroid dienone is 2. The van der Waals surface area contributed by atoms with Crippen molar-refractivity contribution in [3.63, 3.8) is 0 Å². The van der Waals surface area contributed by atoms with Crippen molar-refractivity contribution in [2.45, 2.75) is 159 Å². The molecule has 5 aliphatic heterocycles. The number of fused-ring (bicyclic) bond motifs is 2. The fourth-order valence-corrected chi connectivity index (χ4v) is 8.61. The summed E-state index contributed by atoms with van der Waals surface area (Å²) in [4.78, 5) is 27.1. The summed E-state index contributed by atoms with van der Waals surface area (Å²) < 4.78 is 38.3. The van der Waals surface area contributed by atoms with Gasteiger partial charge in [-0.2, -0.15) is 0 Å². The van der Waals surface area contributed by atoms with Crippen LogP contribution in [0.5, 0.6) is 0 Å². The second kappa shape index (κ2) is 13.1. The Labute approximate surface area is 274 Å². The highest BCUT2D eigenvalue weighted by Crippen LogP contribution is 2.59. The van der Waals surface area contributed by atoms with Crippen LogP contribution in [-0.4, -0.2) is 77.3 Å². The van der Waals surface area contributed by atoms with E-state index < -0.39 is 53.3 Å². The molecule has 0 unspecified atom stereocenters. The van der Waals surface area contributed by atoms with Gasteiger partial charge in [0.25, 0.3) is 0 Å². The lowest BCUT2D eigenvalue weighted by Gasteiger charge is -2.50. The number of carbonyl (C=O) groups excluding carboxylic acids is 2. The first-order valence-corrected chi connectivity index (χ1v) is 17.7. The fourth-order valence-electron chi connectivity index (χ4n) is 8.61. The minimum absolute atomic E-state index is 0.0773. The molecule has 9 nitrogen and oxygen atoms in total. The van der Waals surface area contributed by atoms with Crippen LogP contribution in [0.3, 0.4) is 0 Å². The Bertz CT molecular complexity index is 1260. The number of carbonyl (C=O) groups is 2. The molecule has 4 fully saturated rings. The molecule has 6 rings (SSSR count). The molecule has 1 aliphatic carbocycles. The summed E-state index contributed by atoms with van der Waals surface area (Å²) >= 11 is 0. The van der Waals surface area contributed by atoms with Gasteiger partial charge in [0.05, 0.1) is 18.8 Å². The van der Waals surface area contributed by atoms with Gasteiger partial charge in [0.15, 0.2) is 17.5 Å². The van der Waals surface area contributed by atoms with E-state index >= 15 is 0 Å². The number of hydrogen-bond donors (Lipinski definition) is 1. The van der Waals surface area contributed by atoms with E-state index in [1.165, 1.54) is 5.57 Å². The van der Waals surface area contributed by atoms with E-state index in [4.69, 9.17) is 28.4 Å². The largest absolute Gasteiger partial charge is 0.462 e. The molecule has 2 spiro atoms. The molecule has 9 heteroatoms. The van der Waals surface area contributed by atoms with Crippen LogP contribution in [0.25, 0.3) is 0 Å². The van der Waals surface area contributed by atoms with Gasteiger partial charge in [-0.15, -0.1) is 0 Å². The summed E-state index contributed by atoms with van der Waals surface area (Å²) in [5.74, 6) is -2.10. The van der Waals surface area contributed by atoms with Crippen molar-refractivity contribution in [2.75, 3.05) is 6.61 Å². The molecular formula is C37H54O9. The van der Waals surface area contributed by atoms with Gasteiger partial charge in [-0.1, -0.05) is 64.0 Å². The SMILES string of the molecule is CCCCC(=O)O[C@@H]1C(C)=C[C@H]2C(=O)O[C@H]3C[C@@H](C/C=C(/C)C[C@@H](C)/C=C\[C@@H]4O[C@]45CO[C@H]1[C@]25O)O[C@@]1(CC[C@H](C)[C@@H](CC)O1)C3. The van der Waals surface area contributed by atoms with Crippen LogP contribution in [-0.2, 0) is 38.0 Å². The third kappa shape index (κ3) is 6.15. The molecule has 12 atom stereocenters. The van der Waals surface area contributed by atoms with E-state index in [1.54, 1.807) is 6.08 Å². The second-order valence-electron chi connectivity index (χ2n) is 15.0. The Balaban J connectivity index is 1.35. The number of hydrogen-bond acceptors (Lipinski definition) is 9. The molecule has 46 heavy (non-hydrogen) atoms. The van der Waals surface area contributed by atoms with Gasteiger partial charge in [0, 0.05) is 25.7 Å². The predicted molar refractivity (Wildman–Crippen MR) is 171 cm³/mol. The first-order valence-electron chi connectivity index (χ1n) is 17.7. The number of ether oxygens (including phenoxy) is 6. The van der Waals surface area contributed by atoms with Gasteiger partial charge < -0.3 is 33.5 Å². The van der Waals surface area contributed by atoms with Crippen molar-refractivity contribution < 1.29 is 43.1 Å². The molecule has 6 aliphatic rings. The normalized spacial score (nSPS) is 47.5. The molecular weight excluding hydrogens is 588 g/mol. The predicted octanol–water partition coefficient (Wildman–Crippen LogP) is 5.88. The second-order valence-corrected chi connectivity index (χ2v) is 15.0. The van der Waals surface area contributed by atoms with Crippen LogP contribution in [0.2, 0.25) is 0 Å². The van der Waals surface area contributed by atoms with E-state index in [-0.39, 0.29) is 37.1 Å². The van der Waals surface area contributed by atoms with Gasteiger partial charge >= 0.3 is 11.9 Å². The first kappa shape index (κ1) is 33.8. The van der Waals surface area contributed by atoms with Crippen LogP contribution in [0.15, 0.2) is 35.5 Å². The zero-order chi connectivity index (χ0) is 32.9. The maximum Gasteiger partial charge on any atom is 0.316 e. The maximum atomic E-state index is 14.3. The third-order valence-electron chi connectivity index (χ3n) is 11.3. The minimum Gasteiger partial charge on any atom is -0.462 e. The summed E-state index contributed by atoms with van der Waals surface area (Å²) in [6.07, 6.45) is 12.3. The van der Waals surface area contributed by atoms with E-state index in [0.29, 0.717) is 37.2 Å². The molecule has 2 bridgehead atoms. The molecule has 0 amide bonds. The molecule has 0 saturated carbocycles. The monoisotopic (exact) mass is 642 g/mol. The number of aliphatic hydroxyl groups is 1. The van der Waals surface area contributed by atoms with Crippen molar-refractivity contribution in [3.05, 3.63) is 35.5 Å². The Kier molecular flexibility index (Phi) is 9.65. The lowest BCUT2D eigenvalue weighted by molar-refractivity contribution is -0.335. The standard InChI is InChI=1S/C37H54O9/c1-7-9-10-31(38)43-32-25(6)18-28-34(39)42-27-19-26(44-35(20-27)16-15-24(5)29(8-2)45-35)13-11-22(3)17-23(4)12-14-30-36(46-30)21-41-33(32)37(28,36)40/h11-12,14,18,23-24,26-30,32-33,40H,7-10,13,15-17,19-21H2,1-6H3/b14-12-,22-11-/t23-,24-,26+,27-,28-,29+,30-,32+,33+,35+,36+,37+/m0/s1. The molecule has 0 aromatic carbocycles. The summed E-state index contributed by atoms with van der Waals surface area (Å²) in [6.45, 7) is 12.6. The van der Waals surface area contributed by atoms with Crippen LogP contribution < -0.4 is 0 Å². The minimum atomic E-state index is -1.79. The molecule has 0 aromatic rings. The number of rotatable bonds is 5. The average molecular weight is 643 g/mol. The van der Waals surface area contributed by atoms with Crippen LogP contribution in [0.1, 0.15) is 106 Å². The van der Waals surface area contributed by atoms with Gasteiger partial charge in [-0.05, 0) is 63.4 Å². The lowest BCUT2D eigenvalue weighted by atomic mass is 9.67. The van der Waals surface area contributed by atoms with E-state index in [2.05, 4.69) is 39.8 Å². The number of unbranched alkanes of at least 4 members (excludes halogenated alkanes) is 1. The molecule has 0 aromatic heterocycles. The highest BCUT2D eigenvalue weighted by molar-refractivity contribution is 5.78. The van der Waals surface area contributed by atoms with E-state index in [9.17, 15) is 14.7 Å². The topological polar surface area (TPSA) is 113 Å². The van der Waals surface area contributed by atoms with Crippen molar-refractivity contribution >= 4 is 11.9 Å². The maximum absolute atomic E-state index is 14.3. The third-order valence-corrected chi connectivity index (χ3v) is 11.3. The number of epoxide rings is 1. The lowest BCUT2D eigenvalue weighted by Crippen LogP contribution is -2.64. The van der Waals surface area contributed by atoms with Crippen molar-refractivity contribution in [2.24, 2.45) is 17.8 Å². The highest BCUT2D eigenvalue weighted by Gasteiger charge is 2.80. The Hall–Kier alpha value is -2.04. The Morgan fingerprint density at radius 3 is 2.67 bits per heavy atom. The Morgan fingerprint density at radius 1 is 1.11 bits per heavy atom. The molecule has 1 N–H and O–H groups in total. The van der Waals surface area contributed by atoms with Crippen molar-refractivity contribution in [1.82, 2.24) is 0 Å². The Morgan fingerprint density at radius 2 is 1.91 bits per heavy atom. The summed E-state index contributed by atoms with van der Waals surface area (Å²) in [5.41, 5.74) is -1.02. The van der Waals surface area contributed by atoms with E-state index in [1.807, 2.05) is 19.9 Å². The van der Waals surface area contributed by atoms with Crippen molar-refractivity contribution in [1.29, 1.82) is 0 Å². The van der Waals surface area contributed by atoms with E-state index in [0.717, 1.165) is 32.1 Å². The quantitative estimate of drug-likeness (QED) is 0.223. The zero-order valence-corrected chi connectivity index (χ0v) is 28.5. The summed E-state index contributed by atoms with van der Waals surface area (Å²) in [6, 6.07) is 0. The first-order chi connectivity index (χ1) is 21.9. The summed E-state index contributed by atoms with van der Waals surface area (Å²) in [5, 5.41) is 12.7. The highest BCUT2D eigenvalue weighted by atomic mass is 16.7. The van der Waals surface area contributed by atoms with Gasteiger partial charge in [-0.3, -0.25) is 9.59 Å². The summed E-state index contributed by atoms with van der Waals surface area (Å²) in [7, 11) is 0.